The van der Waals surface area contributed by atoms with Crippen LogP contribution in [-0.2, 0) is 6.42 Å². The molecule has 0 fully saturated rings. The highest BCUT2D eigenvalue weighted by molar-refractivity contribution is 5.98. The highest BCUT2D eigenvalue weighted by atomic mass is 16.4. The van der Waals surface area contributed by atoms with Gasteiger partial charge in [-0.1, -0.05) is 36.4 Å². The molecule has 0 bridgehead atoms. The summed E-state index contributed by atoms with van der Waals surface area (Å²) in [5.41, 5.74) is 1.19. The minimum atomic E-state index is -0.886. The number of allylic oxidation sites excluding steroid dienone is 1. The molecule has 0 heterocycles. The van der Waals surface area contributed by atoms with Gasteiger partial charge < -0.3 is 5.11 Å². The Morgan fingerprint density at radius 1 is 1.25 bits per heavy atom. The van der Waals surface area contributed by atoms with Gasteiger partial charge in [-0.15, -0.1) is 6.58 Å². The molecule has 0 saturated carbocycles. The van der Waals surface area contributed by atoms with Gasteiger partial charge in [-0.25, -0.2) is 4.79 Å². The first-order valence-electron chi connectivity index (χ1n) is 5.09. The maximum Gasteiger partial charge on any atom is 0.335 e. The largest absolute Gasteiger partial charge is 0.478 e. The predicted molar refractivity (Wildman–Crippen MR) is 64.8 cm³/mol. The van der Waals surface area contributed by atoms with E-state index in [0.717, 1.165) is 16.3 Å². The molecule has 0 aliphatic heterocycles. The summed E-state index contributed by atoms with van der Waals surface area (Å²) in [5.74, 6) is -0.886. The second kappa shape index (κ2) is 4.19. The normalized spacial score (nSPS) is 10.2. The molecular formula is C14H12O2. The number of carboxylic acids is 1. The molecule has 2 aromatic rings. The Balaban J connectivity index is 2.78. The Hall–Kier alpha value is -2.09. The fourth-order valence-electron chi connectivity index (χ4n) is 1.90. The van der Waals surface area contributed by atoms with Crippen LogP contribution >= 0.6 is 0 Å². The van der Waals surface area contributed by atoms with Crippen molar-refractivity contribution in [3.63, 3.8) is 0 Å². The van der Waals surface area contributed by atoms with Crippen molar-refractivity contribution in [3.05, 3.63) is 60.2 Å². The first-order chi connectivity index (χ1) is 7.74. The summed E-state index contributed by atoms with van der Waals surface area (Å²) in [5, 5.41) is 11.2. The van der Waals surface area contributed by atoms with Gasteiger partial charge in [0.1, 0.15) is 0 Å². The van der Waals surface area contributed by atoms with Crippen molar-refractivity contribution in [2.75, 3.05) is 0 Å². The second-order valence-electron chi connectivity index (χ2n) is 3.61. The van der Waals surface area contributed by atoms with E-state index in [1.807, 2.05) is 30.3 Å². The molecule has 2 aromatic carbocycles. The van der Waals surface area contributed by atoms with Crippen molar-refractivity contribution < 1.29 is 9.90 Å². The van der Waals surface area contributed by atoms with Crippen molar-refractivity contribution >= 4 is 16.7 Å². The van der Waals surface area contributed by atoms with E-state index in [9.17, 15) is 4.79 Å². The number of hydrogen-bond donors (Lipinski definition) is 1. The molecule has 2 heteroatoms. The van der Waals surface area contributed by atoms with E-state index in [2.05, 4.69) is 6.58 Å². The minimum Gasteiger partial charge on any atom is -0.478 e. The van der Waals surface area contributed by atoms with Crippen LogP contribution in [-0.4, -0.2) is 11.1 Å². The zero-order valence-corrected chi connectivity index (χ0v) is 8.81. The number of aromatic carboxylic acids is 1. The van der Waals surface area contributed by atoms with Crippen LogP contribution in [0.1, 0.15) is 15.9 Å². The van der Waals surface area contributed by atoms with Crippen molar-refractivity contribution in [2.45, 2.75) is 6.42 Å². The Morgan fingerprint density at radius 2 is 2.00 bits per heavy atom. The zero-order chi connectivity index (χ0) is 11.5. The summed E-state index contributed by atoms with van der Waals surface area (Å²) in [6.07, 6.45) is 2.30. The summed E-state index contributed by atoms with van der Waals surface area (Å²) >= 11 is 0. The van der Waals surface area contributed by atoms with Gasteiger partial charge in [0.25, 0.3) is 0 Å². The lowest BCUT2D eigenvalue weighted by molar-refractivity contribution is 0.0696. The monoisotopic (exact) mass is 212 g/mol. The Kier molecular flexibility index (Phi) is 2.73. The minimum absolute atomic E-state index is 0.360. The van der Waals surface area contributed by atoms with E-state index in [4.69, 9.17) is 5.11 Å². The molecule has 0 saturated heterocycles. The lowest BCUT2D eigenvalue weighted by Gasteiger charge is -2.08. The van der Waals surface area contributed by atoms with E-state index in [0.29, 0.717) is 12.0 Å². The standard InChI is InChI=1S/C14H12O2/c1-2-5-12-11-7-4-3-6-10(11)8-9-13(12)14(15)16/h2-4,6-9H,1,5H2,(H,15,16). The topological polar surface area (TPSA) is 37.3 Å². The molecule has 0 radical (unpaired) electrons. The van der Waals surface area contributed by atoms with Crippen LogP contribution in [0.4, 0.5) is 0 Å². The summed E-state index contributed by atoms with van der Waals surface area (Å²) in [4.78, 5) is 11.1. The molecule has 2 rings (SSSR count). The third-order valence-electron chi connectivity index (χ3n) is 2.62. The summed E-state index contributed by atoms with van der Waals surface area (Å²) in [6, 6.07) is 11.3. The first-order valence-corrected chi connectivity index (χ1v) is 5.09. The van der Waals surface area contributed by atoms with E-state index in [-0.39, 0.29) is 0 Å². The molecule has 1 N–H and O–H groups in total. The van der Waals surface area contributed by atoms with Gasteiger partial charge in [-0.3, -0.25) is 0 Å². The van der Waals surface area contributed by atoms with Crippen LogP contribution < -0.4 is 0 Å². The van der Waals surface area contributed by atoms with Crippen LogP contribution in [0.5, 0.6) is 0 Å². The van der Waals surface area contributed by atoms with E-state index >= 15 is 0 Å². The molecule has 16 heavy (non-hydrogen) atoms. The molecule has 2 nitrogen and oxygen atoms in total. The molecule has 0 atom stereocenters. The maximum absolute atomic E-state index is 11.1. The maximum atomic E-state index is 11.1. The molecule has 0 amide bonds. The van der Waals surface area contributed by atoms with Crippen molar-refractivity contribution in [1.29, 1.82) is 0 Å². The van der Waals surface area contributed by atoms with Gasteiger partial charge >= 0.3 is 5.97 Å². The molecule has 0 unspecified atom stereocenters. The average Bonchev–Trinajstić information content (AvgIpc) is 2.29. The number of hydrogen-bond acceptors (Lipinski definition) is 1. The lowest BCUT2D eigenvalue weighted by atomic mass is 9.97. The van der Waals surface area contributed by atoms with Gasteiger partial charge in [0.15, 0.2) is 0 Å². The fourth-order valence-corrected chi connectivity index (χ4v) is 1.90. The summed E-state index contributed by atoms with van der Waals surface area (Å²) < 4.78 is 0. The molecular weight excluding hydrogens is 200 g/mol. The van der Waals surface area contributed by atoms with Gasteiger partial charge in [0, 0.05) is 0 Å². The number of carboxylic acid groups (broad SMARTS) is 1. The van der Waals surface area contributed by atoms with Gasteiger partial charge in [0.05, 0.1) is 5.56 Å². The number of rotatable bonds is 3. The van der Waals surface area contributed by atoms with Crippen LogP contribution in [0, 0.1) is 0 Å². The quantitative estimate of drug-likeness (QED) is 0.793. The smallest absolute Gasteiger partial charge is 0.335 e. The van der Waals surface area contributed by atoms with Crippen molar-refractivity contribution in [2.24, 2.45) is 0 Å². The molecule has 0 aliphatic rings. The second-order valence-corrected chi connectivity index (χ2v) is 3.61. The van der Waals surface area contributed by atoms with Crippen LogP contribution in [0.2, 0.25) is 0 Å². The SMILES string of the molecule is C=CCc1c(C(=O)O)ccc2ccccc12. The zero-order valence-electron chi connectivity index (χ0n) is 8.81. The van der Waals surface area contributed by atoms with Crippen LogP contribution in [0.25, 0.3) is 10.8 Å². The summed E-state index contributed by atoms with van der Waals surface area (Å²) in [6.45, 7) is 3.67. The summed E-state index contributed by atoms with van der Waals surface area (Å²) in [7, 11) is 0. The molecule has 0 aliphatic carbocycles. The lowest BCUT2D eigenvalue weighted by Crippen LogP contribution is -2.02. The highest BCUT2D eigenvalue weighted by Gasteiger charge is 2.11. The Morgan fingerprint density at radius 3 is 2.69 bits per heavy atom. The van der Waals surface area contributed by atoms with E-state index < -0.39 is 5.97 Å². The van der Waals surface area contributed by atoms with E-state index in [1.165, 1.54) is 0 Å². The number of benzene rings is 2. The van der Waals surface area contributed by atoms with Gasteiger partial charge in [-0.2, -0.15) is 0 Å². The van der Waals surface area contributed by atoms with Crippen molar-refractivity contribution in [1.82, 2.24) is 0 Å². The predicted octanol–water partition coefficient (Wildman–Crippen LogP) is 3.27. The number of carbonyl (C=O) groups is 1. The average molecular weight is 212 g/mol. The molecule has 0 spiro atoms. The Labute approximate surface area is 93.8 Å². The van der Waals surface area contributed by atoms with E-state index in [1.54, 1.807) is 12.1 Å². The highest BCUT2D eigenvalue weighted by Crippen LogP contribution is 2.23. The third-order valence-corrected chi connectivity index (χ3v) is 2.62. The first kappa shape index (κ1) is 10.4. The van der Waals surface area contributed by atoms with Gasteiger partial charge in [-0.05, 0) is 28.8 Å². The fraction of sp³-hybridized carbons (Fsp3) is 0.0714. The van der Waals surface area contributed by atoms with Crippen LogP contribution in [0.15, 0.2) is 49.1 Å². The Bertz CT molecular complexity index is 556. The molecule has 0 aromatic heterocycles. The van der Waals surface area contributed by atoms with Crippen molar-refractivity contribution in [3.8, 4) is 0 Å². The third kappa shape index (κ3) is 1.70. The number of fused-ring (bicyclic) bond motifs is 1. The molecule has 80 valence electrons. The van der Waals surface area contributed by atoms with Crippen LogP contribution in [0.3, 0.4) is 0 Å². The van der Waals surface area contributed by atoms with Gasteiger partial charge in [0.2, 0.25) is 0 Å².